The van der Waals surface area contributed by atoms with Gasteiger partial charge in [0.25, 0.3) is 0 Å². The molecule has 4 aliphatic heterocycles. The van der Waals surface area contributed by atoms with Gasteiger partial charge in [0.05, 0.1) is 6.10 Å². The number of carbonyl (C=O) groups is 2. The fourth-order valence-electron chi connectivity index (χ4n) is 5.22. The predicted molar refractivity (Wildman–Crippen MR) is 87.1 cm³/mol. The molecular weight excluding hydrogens is 324 g/mol. The Morgan fingerprint density at radius 3 is 2.56 bits per heavy atom. The predicted octanol–water partition coefficient (Wildman–Crippen LogP) is 1.95. The Bertz CT molecular complexity index is 683. The number of hydrogen-bond donors (Lipinski definition) is 1. The summed E-state index contributed by atoms with van der Waals surface area (Å²) in [6.07, 6.45) is 1.56. The van der Waals surface area contributed by atoms with Gasteiger partial charge in [0.2, 0.25) is 5.78 Å². The van der Waals surface area contributed by atoms with Crippen molar-refractivity contribution in [2.75, 3.05) is 0 Å². The van der Waals surface area contributed by atoms with Crippen LogP contribution in [0.4, 0.5) is 0 Å². The van der Waals surface area contributed by atoms with Gasteiger partial charge in [0, 0.05) is 30.3 Å². The number of hydrogen-bond acceptors (Lipinski definition) is 6. The Morgan fingerprint density at radius 1 is 1.24 bits per heavy atom. The number of ketones is 1. The summed E-state index contributed by atoms with van der Waals surface area (Å²) >= 11 is 0. The average Bonchev–Trinajstić information content (AvgIpc) is 3.03. The van der Waals surface area contributed by atoms with Crippen LogP contribution in [0.1, 0.15) is 47.5 Å². The zero-order chi connectivity index (χ0) is 18.4. The molecule has 0 amide bonds. The normalized spacial score (nSPS) is 51.4. The Balaban J connectivity index is 1.83. The van der Waals surface area contributed by atoms with Crippen molar-refractivity contribution < 1.29 is 28.9 Å². The number of fused-ring (bicyclic) bond motifs is 2. The Kier molecular flexibility index (Phi) is 3.31. The van der Waals surface area contributed by atoms with Gasteiger partial charge in [-0.3, -0.25) is 9.59 Å². The van der Waals surface area contributed by atoms with Crippen molar-refractivity contribution in [3.05, 3.63) is 11.8 Å². The van der Waals surface area contributed by atoms with Gasteiger partial charge in [-0.15, -0.1) is 0 Å². The van der Waals surface area contributed by atoms with Crippen molar-refractivity contribution in [3.63, 3.8) is 0 Å². The van der Waals surface area contributed by atoms with Crippen LogP contribution in [-0.2, 0) is 23.8 Å². The van der Waals surface area contributed by atoms with Gasteiger partial charge in [-0.05, 0) is 20.3 Å². The van der Waals surface area contributed by atoms with E-state index in [1.807, 2.05) is 20.8 Å². The van der Waals surface area contributed by atoms with Crippen LogP contribution < -0.4 is 0 Å². The van der Waals surface area contributed by atoms with Crippen LogP contribution in [0, 0.1) is 23.2 Å². The lowest BCUT2D eigenvalue weighted by Crippen LogP contribution is -2.52. The molecular formula is C19H26O6. The standard InChI is InChI=1S/C19H26O6/c1-9(2)19(22)18(5)15-12(23-16(18)21)6-10(3)11-7-14(20)17(4,24-11)8-13(15)25-19/h7,9-10,12-13,15,22H,6,8H2,1-5H3/t10-,12-,13-,15-,17+,18+,19+/m0/s1. The lowest BCUT2D eigenvalue weighted by Gasteiger charge is -2.37. The molecule has 0 radical (unpaired) electrons. The molecule has 4 heterocycles. The first-order valence-electron chi connectivity index (χ1n) is 9.09. The molecule has 0 aromatic carbocycles. The van der Waals surface area contributed by atoms with Crippen LogP contribution in [0.25, 0.3) is 0 Å². The van der Waals surface area contributed by atoms with Crippen LogP contribution in [0.5, 0.6) is 0 Å². The van der Waals surface area contributed by atoms with E-state index in [2.05, 4.69) is 0 Å². The summed E-state index contributed by atoms with van der Waals surface area (Å²) in [5.41, 5.74) is -2.16. The number of esters is 1. The van der Waals surface area contributed by atoms with E-state index in [1.165, 1.54) is 0 Å². The maximum atomic E-state index is 12.8. The van der Waals surface area contributed by atoms with Crippen LogP contribution in [0.3, 0.4) is 0 Å². The molecule has 0 aromatic rings. The second-order valence-electron chi connectivity index (χ2n) is 8.76. The summed E-state index contributed by atoms with van der Waals surface area (Å²) in [7, 11) is 0. The van der Waals surface area contributed by atoms with Crippen molar-refractivity contribution in [2.45, 2.75) is 71.1 Å². The topological polar surface area (TPSA) is 82.1 Å². The molecule has 2 bridgehead atoms. The average molecular weight is 350 g/mol. The van der Waals surface area contributed by atoms with E-state index < -0.39 is 28.9 Å². The molecule has 138 valence electrons. The monoisotopic (exact) mass is 350 g/mol. The largest absolute Gasteiger partial charge is 0.483 e. The smallest absolute Gasteiger partial charge is 0.318 e. The van der Waals surface area contributed by atoms with E-state index in [9.17, 15) is 14.7 Å². The van der Waals surface area contributed by atoms with E-state index in [0.29, 0.717) is 18.6 Å². The van der Waals surface area contributed by atoms with Gasteiger partial charge in [0.15, 0.2) is 11.4 Å². The van der Waals surface area contributed by atoms with Gasteiger partial charge in [0.1, 0.15) is 17.3 Å². The van der Waals surface area contributed by atoms with Gasteiger partial charge < -0.3 is 19.3 Å². The maximum absolute atomic E-state index is 12.8. The molecule has 1 N–H and O–H groups in total. The molecule has 0 spiro atoms. The molecule has 0 saturated carbocycles. The van der Waals surface area contributed by atoms with Crippen LogP contribution in [0.2, 0.25) is 0 Å². The van der Waals surface area contributed by atoms with Crippen molar-refractivity contribution in [2.24, 2.45) is 23.2 Å². The van der Waals surface area contributed by atoms with Gasteiger partial charge in [-0.25, -0.2) is 0 Å². The second kappa shape index (κ2) is 4.86. The Hall–Kier alpha value is -1.40. The molecule has 3 saturated heterocycles. The van der Waals surface area contributed by atoms with Crippen molar-refractivity contribution in [1.29, 1.82) is 0 Å². The zero-order valence-electron chi connectivity index (χ0n) is 15.4. The molecule has 25 heavy (non-hydrogen) atoms. The minimum Gasteiger partial charge on any atom is -0.483 e. The lowest BCUT2D eigenvalue weighted by molar-refractivity contribution is -0.264. The molecule has 7 atom stereocenters. The molecule has 4 aliphatic rings. The highest BCUT2D eigenvalue weighted by molar-refractivity contribution is 5.99. The SMILES string of the molecule is CC(C)[C@@]1(O)O[C@H]2C[C@@]3(C)OC(=CC3=O)[C@@H](C)C[C@@H]3OC(=O)[C@@]1(C)[C@@H]32. The summed E-state index contributed by atoms with van der Waals surface area (Å²) in [4.78, 5) is 25.3. The van der Waals surface area contributed by atoms with Crippen LogP contribution >= 0.6 is 0 Å². The molecule has 0 aromatic heterocycles. The van der Waals surface area contributed by atoms with Crippen molar-refractivity contribution in [3.8, 4) is 0 Å². The van der Waals surface area contributed by atoms with Crippen LogP contribution in [0.15, 0.2) is 11.8 Å². The molecule has 3 fully saturated rings. The highest BCUT2D eigenvalue weighted by Crippen LogP contribution is 2.61. The second-order valence-corrected chi connectivity index (χ2v) is 8.76. The Morgan fingerprint density at radius 2 is 1.92 bits per heavy atom. The first kappa shape index (κ1) is 17.0. The number of ether oxygens (including phenoxy) is 3. The summed E-state index contributed by atoms with van der Waals surface area (Å²) in [5, 5.41) is 11.3. The number of carbonyl (C=O) groups excluding carboxylic acids is 2. The fraction of sp³-hybridized carbons (Fsp3) is 0.789. The van der Waals surface area contributed by atoms with E-state index >= 15 is 0 Å². The van der Waals surface area contributed by atoms with Gasteiger partial charge in [-0.1, -0.05) is 20.8 Å². The van der Waals surface area contributed by atoms with Crippen molar-refractivity contribution >= 4 is 11.8 Å². The van der Waals surface area contributed by atoms with Gasteiger partial charge >= 0.3 is 5.97 Å². The van der Waals surface area contributed by atoms with E-state index in [-0.39, 0.29) is 29.6 Å². The minimum atomic E-state index is -1.62. The molecule has 6 heteroatoms. The maximum Gasteiger partial charge on any atom is 0.318 e. The third-order valence-corrected chi connectivity index (χ3v) is 6.81. The molecule has 6 nitrogen and oxygen atoms in total. The number of aliphatic hydroxyl groups is 1. The zero-order valence-corrected chi connectivity index (χ0v) is 15.4. The molecule has 0 aliphatic carbocycles. The first-order chi connectivity index (χ1) is 11.5. The summed E-state index contributed by atoms with van der Waals surface area (Å²) in [5.74, 6) is -2.10. The first-order valence-corrected chi connectivity index (χ1v) is 9.09. The lowest BCUT2D eigenvalue weighted by atomic mass is 9.66. The summed E-state index contributed by atoms with van der Waals surface area (Å²) < 4.78 is 17.8. The molecule has 4 rings (SSSR count). The number of allylic oxidation sites excluding steroid dienone is 1. The highest BCUT2D eigenvalue weighted by atomic mass is 16.7. The highest BCUT2D eigenvalue weighted by Gasteiger charge is 2.75. The number of rotatable bonds is 1. The van der Waals surface area contributed by atoms with E-state index in [0.717, 1.165) is 0 Å². The fourth-order valence-corrected chi connectivity index (χ4v) is 5.22. The van der Waals surface area contributed by atoms with E-state index in [4.69, 9.17) is 14.2 Å². The Labute approximate surface area is 147 Å². The van der Waals surface area contributed by atoms with Gasteiger partial charge in [-0.2, -0.15) is 0 Å². The van der Waals surface area contributed by atoms with E-state index in [1.54, 1.807) is 19.9 Å². The van der Waals surface area contributed by atoms with Crippen molar-refractivity contribution in [1.82, 2.24) is 0 Å². The summed E-state index contributed by atoms with van der Waals surface area (Å²) in [6.45, 7) is 9.14. The quantitative estimate of drug-likeness (QED) is 0.728. The third kappa shape index (κ3) is 1.92. The summed E-state index contributed by atoms with van der Waals surface area (Å²) in [6, 6.07) is 0. The molecule has 0 unspecified atom stereocenters. The minimum absolute atomic E-state index is 0.0441. The third-order valence-electron chi connectivity index (χ3n) is 6.81. The van der Waals surface area contributed by atoms with Crippen LogP contribution in [-0.4, -0.2) is 40.5 Å².